The second-order valence-corrected chi connectivity index (χ2v) is 18.3. The molecule has 0 heterocycles. The summed E-state index contributed by atoms with van der Waals surface area (Å²) in [6.45, 7) is 11.2. The van der Waals surface area contributed by atoms with Gasteiger partial charge in [0.05, 0.1) is 29.0 Å². The molecule has 0 aliphatic heterocycles. The lowest BCUT2D eigenvalue weighted by molar-refractivity contribution is -0.0399. The standard InChI is InChI=1S/C51H53N/c1-48(2)22-23-49(3,4)47-43(48)16-11-17-46(47)52(35-18-20-39-37-12-7-9-14-41(37)50(5,6)44(39)29-35)36-19-21-40-38-13-8-10-15-42(38)51(45(40)30-36)33-25-31-24-32(27-33)28-34(51)26-31/h7-21,29-34H,22-28H2,1-6H3/i7D,8D,9D,10D,11D,12D,13D,14D,15D,16D,17D,18D,19D,20D,21D,29D,30D. The lowest BCUT2D eigenvalue weighted by Gasteiger charge is -2.61. The molecule has 0 radical (unpaired) electrons. The van der Waals surface area contributed by atoms with Crippen molar-refractivity contribution in [2.45, 2.75) is 108 Å². The zero-order valence-corrected chi connectivity index (χ0v) is 30.7. The number of fused-ring (bicyclic) bond motifs is 7. The predicted molar refractivity (Wildman–Crippen MR) is 217 cm³/mol. The van der Waals surface area contributed by atoms with Crippen LogP contribution in [0.1, 0.15) is 143 Å². The van der Waals surface area contributed by atoms with Crippen molar-refractivity contribution in [1.29, 1.82) is 0 Å². The maximum Gasteiger partial charge on any atom is 0.0648 e. The van der Waals surface area contributed by atoms with Crippen molar-refractivity contribution in [2.75, 3.05) is 4.90 Å². The Kier molecular flexibility index (Phi) is 3.72. The largest absolute Gasteiger partial charge is 0.310 e. The van der Waals surface area contributed by atoms with Crippen molar-refractivity contribution >= 4 is 17.1 Å². The molecule has 0 N–H and O–H groups in total. The number of rotatable bonds is 3. The first-order chi connectivity index (χ1) is 32.1. The van der Waals surface area contributed by atoms with Crippen molar-refractivity contribution in [3.8, 4) is 22.3 Å². The van der Waals surface area contributed by atoms with E-state index in [1.165, 1.54) is 4.90 Å². The third-order valence-corrected chi connectivity index (χ3v) is 14.2. The van der Waals surface area contributed by atoms with E-state index < -0.39 is 94.2 Å². The molecule has 7 aliphatic rings. The third kappa shape index (κ3) is 3.96. The Morgan fingerprint density at radius 2 is 1.02 bits per heavy atom. The van der Waals surface area contributed by atoms with Gasteiger partial charge in [0.1, 0.15) is 0 Å². The SMILES string of the molecule is [2H]c1c([2H])c([2H])c2c(c1[2H])-c1c([2H])c([2H])c(N(c3c([2H])c([2H])c4c(c3[2H])C3(c5c([2H])c([2H])c([2H])c([2H])c5-4)C4CC5CC(C4)CC3C5)c3c([2H])c([2H])c([2H])c4c3C(C)(C)CCC4(C)C)c([2H])c1C2(C)C. The summed E-state index contributed by atoms with van der Waals surface area (Å²) in [6.07, 6.45) is 5.11. The molecule has 4 saturated carbocycles. The average molecular weight is 697 g/mol. The number of hydrogen-bond donors (Lipinski definition) is 0. The van der Waals surface area contributed by atoms with Crippen LogP contribution < -0.4 is 4.90 Å². The van der Waals surface area contributed by atoms with E-state index in [1.54, 1.807) is 13.8 Å². The minimum Gasteiger partial charge on any atom is -0.310 e. The van der Waals surface area contributed by atoms with Gasteiger partial charge in [-0.25, -0.2) is 0 Å². The summed E-state index contributed by atoms with van der Waals surface area (Å²) >= 11 is 0. The Labute approximate surface area is 335 Å². The van der Waals surface area contributed by atoms with E-state index in [4.69, 9.17) is 8.22 Å². The summed E-state index contributed by atoms with van der Waals surface area (Å²) in [5, 5.41) is 0. The summed E-state index contributed by atoms with van der Waals surface area (Å²) in [5.74, 6) is 0.374. The van der Waals surface area contributed by atoms with Gasteiger partial charge in [0.15, 0.2) is 0 Å². The average Bonchev–Trinajstić information content (AvgIpc) is 3.74. The van der Waals surface area contributed by atoms with E-state index >= 15 is 0 Å². The number of anilines is 3. The molecular formula is C51H53N. The zero-order chi connectivity index (χ0) is 50.2. The van der Waals surface area contributed by atoms with Gasteiger partial charge < -0.3 is 4.90 Å². The molecule has 0 unspecified atom stereocenters. The van der Waals surface area contributed by atoms with Gasteiger partial charge in [-0.2, -0.15) is 0 Å². The Morgan fingerprint density at radius 3 is 1.69 bits per heavy atom. The first-order valence-corrected chi connectivity index (χ1v) is 19.0. The monoisotopic (exact) mass is 697 g/mol. The Morgan fingerprint density at radius 1 is 0.500 bits per heavy atom. The molecule has 1 spiro atoms. The third-order valence-electron chi connectivity index (χ3n) is 14.2. The van der Waals surface area contributed by atoms with Crippen molar-refractivity contribution < 1.29 is 23.3 Å². The van der Waals surface area contributed by atoms with Gasteiger partial charge in [-0.15, -0.1) is 0 Å². The van der Waals surface area contributed by atoms with Crippen LogP contribution >= 0.6 is 0 Å². The summed E-state index contributed by atoms with van der Waals surface area (Å²) in [6, 6.07) is -7.38. The highest BCUT2D eigenvalue weighted by Gasteiger charge is 2.61. The quantitative estimate of drug-likeness (QED) is 0.181. The maximum absolute atomic E-state index is 10.8. The molecule has 0 atom stereocenters. The van der Waals surface area contributed by atoms with Crippen LogP contribution in [0.3, 0.4) is 0 Å². The Hall–Kier alpha value is -4.10. The van der Waals surface area contributed by atoms with Crippen LogP contribution in [0.4, 0.5) is 17.1 Å². The Bertz CT molecular complexity index is 3230. The summed E-state index contributed by atoms with van der Waals surface area (Å²) < 4.78 is 162. The number of nitrogens with zero attached hydrogens (tertiary/aromatic N) is 1. The van der Waals surface area contributed by atoms with Crippen LogP contribution in [0.2, 0.25) is 0 Å². The predicted octanol–water partition coefficient (Wildman–Crippen LogP) is 13.5. The van der Waals surface area contributed by atoms with Gasteiger partial charge in [0.25, 0.3) is 0 Å². The van der Waals surface area contributed by atoms with E-state index in [1.807, 2.05) is 27.7 Å². The Balaban J connectivity index is 1.34. The molecular weight excluding hydrogens is 627 g/mol. The van der Waals surface area contributed by atoms with Crippen molar-refractivity contribution in [3.05, 3.63) is 136 Å². The first kappa shape index (κ1) is 18.8. The van der Waals surface area contributed by atoms with Crippen LogP contribution in [-0.4, -0.2) is 0 Å². The topological polar surface area (TPSA) is 3.24 Å². The summed E-state index contributed by atoms with van der Waals surface area (Å²) in [4.78, 5) is 1.28. The second-order valence-electron chi connectivity index (χ2n) is 18.3. The van der Waals surface area contributed by atoms with Gasteiger partial charge in [-0.3, -0.25) is 0 Å². The number of benzene rings is 5. The van der Waals surface area contributed by atoms with E-state index in [0.29, 0.717) is 41.4 Å². The molecule has 7 aliphatic carbocycles. The smallest absolute Gasteiger partial charge is 0.0648 e. The van der Waals surface area contributed by atoms with E-state index in [9.17, 15) is 15.1 Å². The fraction of sp³-hybridized carbons (Fsp3) is 0.412. The summed E-state index contributed by atoms with van der Waals surface area (Å²) in [5.41, 5.74) is -3.06. The zero-order valence-electron chi connectivity index (χ0n) is 47.7. The molecule has 52 heavy (non-hydrogen) atoms. The maximum atomic E-state index is 10.8. The molecule has 1 heteroatoms. The highest BCUT2D eigenvalue weighted by Crippen LogP contribution is 2.70. The minimum absolute atomic E-state index is 0.00519. The van der Waals surface area contributed by atoms with Gasteiger partial charge >= 0.3 is 0 Å². The molecule has 4 bridgehead atoms. The van der Waals surface area contributed by atoms with Gasteiger partial charge in [0.2, 0.25) is 0 Å². The van der Waals surface area contributed by atoms with Crippen LogP contribution in [0.5, 0.6) is 0 Å². The van der Waals surface area contributed by atoms with Gasteiger partial charge in [-0.05, 0) is 165 Å². The molecule has 0 aromatic heterocycles. The lowest BCUT2D eigenvalue weighted by Crippen LogP contribution is -2.55. The fourth-order valence-corrected chi connectivity index (χ4v) is 11.9. The van der Waals surface area contributed by atoms with Gasteiger partial charge in [-0.1, -0.05) is 114 Å². The van der Waals surface area contributed by atoms with Crippen molar-refractivity contribution in [3.63, 3.8) is 0 Å². The minimum atomic E-state index is -1.38. The normalized spacial score (nSPS) is 33.2. The lowest BCUT2D eigenvalue weighted by atomic mass is 9.43. The molecule has 5 aromatic carbocycles. The molecule has 262 valence electrons. The van der Waals surface area contributed by atoms with Crippen LogP contribution in [0.25, 0.3) is 22.3 Å². The molecule has 12 rings (SSSR count). The number of hydrogen-bond acceptors (Lipinski definition) is 1. The van der Waals surface area contributed by atoms with Crippen LogP contribution in [0.15, 0.2) is 103 Å². The summed E-state index contributed by atoms with van der Waals surface area (Å²) in [7, 11) is 0. The highest BCUT2D eigenvalue weighted by atomic mass is 15.1. The van der Waals surface area contributed by atoms with E-state index in [-0.39, 0.29) is 98.1 Å². The fourth-order valence-electron chi connectivity index (χ4n) is 11.9. The molecule has 5 aromatic rings. The van der Waals surface area contributed by atoms with Gasteiger partial charge in [0, 0.05) is 22.2 Å². The first-order valence-electron chi connectivity index (χ1n) is 27.5. The van der Waals surface area contributed by atoms with E-state index in [0.717, 1.165) is 32.1 Å². The molecule has 0 saturated heterocycles. The highest BCUT2D eigenvalue weighted by molar-refractivity contribution is 5.89. The van der Waals surface area contributed by atoms with Crippen LogP contribution in [-0.2, 0) is 21.7 Å². The molecule has 4 fully saturated rings. The van der Waals surface area contributed by atoms with Crippen molar-refractivity contribution in [2.24, 2.45) is 23.7 Å². The van der Waals surface area contributed by atoms with Crippen molar-refractivity contribution in [1.82, 2.24) is 0 Å². The molecule has 0 amide bonds. The van der Waals surface area contributed by atoms with E-state index in [2.05, 4.69) is 0 Å². The van der Waals surface area contributed by atoms with Crippen LogP contribution in [0, 0.1) is 23.7 Å². The molecule has 1 nitrogen and oxygen atoms in total. The second kappa shape index (κ2) is 10.3.